The van der Waals surface area contributed by atoms with E-state index in [0.717, 1.165) is 16.8 Å². The van der Waals surface area contributed by atoms with E-state index >= 15 is 0 Å². The first-order chi connectivity index (χ1) is 9.38. The van der Waals surface area contributed by atoms with Crippen LogP contribution in [0.15, 0.2) is 35.2 Å². The summed E-state index contributed by atoms with van der Waals surface area (Å²) in [7, 11) is 0. The molecule has 0 unspecified atom stereocenters. The fourth-order valence-corrected chi connectivity index (χ4v) is 2.65. The molecule has 0 saturated carbocycles. The number of anilines is 1. The zero-order chi connectivity index (χ0) is 14.9. The summed E-state index contributed by atoms with van der Waals surface area (Å²) < 4.78 is 0. The molecule has 0 heterocycles. The van der Waals surface area contributed by atoms with E-state index in [1.807, 2.05) is 32.9 Å². The van der Waals surface area contributed by atoms with Gasteiger partial charge in [-0.25, -0.2) is 0 Å². The normalized spacial score (nSPS) is 10.4. The van der Waals surface area contributed by atoms with E-state index in [2.05, 4.69) is 17.9 Å². The van der Waals surface area contributed by atoms with Gasteiger partial charge < -0.3 is 5.32 Å². The Hall–Kier alpha value is -1.45. The molecule has 0 aliphatic rings. The molecule has 0 bridgehead atoms. The van der Waals surface area contributed by atoms with Crippen molar-refractivity contribution < 1.29 is 4.79 Å². The maximum Gasteiger partial charge on any atom is 0.257 e. The number of hydrogen-bond acceptors (Lipinski definition) is 2. The van der Waals surface area contributed by atoms with E-state index in [0.29, 0.717) is 15.5 Å². The zero-order valence-electron chi connectivity index (χ0n) is 11.6. The Morgan fingerprint density at radius 2 is 1.70 bits per heavy atom. The van der Waals surface area contributed by atoms with Gasteiger partial charge in [0, 0.05) is 10.6 Å². The average Bonchev–Trinajstić information content (AvgIpc) is 2.36. The minimum absolute atomic E-state index is 0.221. The summed E-state index contributed by atoms with van der Waals surface area (Å²) in [6.45, 7) is 5.99. The van der Waals surface area contributed by atoms with Crippen LogP contribution in [-0.2, 0) is 0 Å². The SMILES string of the molecule is Cc1cc(C)c(NC(=O)c2cc(S)ccc2Cl)c(C)c1. The standard InChI is InChI=1S/C16H16ClNOS/c1-9-6-10(2)15(11(3)7-9)18-16(19)13-8-12(20)4-5-14(13)17/h4-8,20H,1-3H3,(H,18,19). The van der Waals surface area contributed by atoms with Crippen LogP contribution < -0.4 is 5.32 Å². The maximum absolute atomic E-state index is 12.3. The van der Waals surface area contributed by atoms with Crippen LogP contribution in [0, 0.1) is 20.8 Å². The maximum atomic E-state index is 12.3. The highest BCUT2D eigenvalue weighted by Gasteiger charge is 2.13. The fraction of sp³-hybridized carbons (Fsp3) is 0.188. The molecule has 0 spiro atoms. The Balaban J connectivity index is 2.35. The summed E-state index contributed by atoms with van der Waals surface area (Å²) >= 11 is 10.3. The number of thiol groups is 1. The Labute approximate surface area is 129 Å². The van der Waals surface area contributed by atoms with E-state index in [-0.39, 0.29) is 5.91 Å². The molecular weight excluding hydrogens is 290 g/mol. The molecule has 0 fully saturated rings. The molecule has 0 saturated heterocycles. The fourth-order valence-electron chi connectivity index (χ4n) is 2.25. The quantitative estimate of drug-likeness (QED) is 0.766. The first kappa shape index (κ1) is 14.9. The summed E-state index contributed by atoms with van der Waals surface area (Å²) in [5.41, 5.74) is 4.51. The number of rotatable bonds is 2. The van der Waals surface area contributed by atoms with E-state index in [1.165, 1.54) is 5.56 Å². The Bertz CT molecular complexity index is 659. The Morgan fingerprint density at radius 3 is 2.30 bits per heavy atom. The number of carbonyl (C=O) groups excluding carboxylic acids is 1. The molecule has 2 nitrogen and oxygen atoms in total. The average molecular weight is 306 g/mol. The van der Waals surface area contributed by atoms with Crippen LogP contribution in [0.25, 0.3) is 0 Å². The monoisotopic (exact) mass is 305 g/mol. The summed E-state index contributed by atoms with van der Waals surface area (Å²) in [6, 6.07) is 9.18. The lowest BCUT2D eigenvalue weighted by Gasteiger charge is -2.13. The third-order valence-corrected chi connectivity index (χ3v) is 3.72. The minimum atomic E-state index is -0.221. The van der Waals surface area contributed by atoms with Gasteiger partial charge in [-0.15, -0.1) is 12.6 Å². The zero-order valence-corrected chi connectivity index (χ0v) is 13.3. The highest BCUT2D eigenvalue weighted by molar-refractivity contribution is 7.80. The molecule has 20 heavy (non-hydrogen) atoms. The van der Waals surface area contributed by atoms with Crippen molar-refractivity contribution in [1.29, 1.82) is 0 Å². The first-order valence-electron chi connectivity index (χ1n) is 6.26. The van der Waals surface area contributed by atoms with Crippen molar-refractivity contribution in [3.8, 4) is 0 Å². The number of hydrogen-bond donors (Lipinski definition) is 2. The van der Waals surface area contributed by atoms with Crippen LogP contribution in [0.1, 0.15) is 27.0 Å². The molecule has 0 aromatic heterocycles. The van der Waals surface area contributed by atoms with Gasteiger partial charge in [-0.3, -0.25) is 4.79 Å². The van der Waals surface area contributed by atoms with Gasteiger partial charge in [0.2, 0.25) is 0 Å². The van der Waals surface area contributed by atoms with Gasteiger partial charge in [0.1, 0.15) is 0 Å². The number of halogens is 1. The van der Waals surface area contributed by atoms with Crippen LogP contribution in [0.4, 0.5) is 5.69 Å². The topological polar surface area (TPSA) is 29.1 Å². The van der Waals surface area contributed by atoms with Gasteiger partial charge in [-0.05, 0) is 50.1 Å². The van der Waals surface area contributed by atoms with Crippen molar-refractivity contribution in [2.75, 3.05) is 5.32 Å². The number of benzene rings is 2. The molecule has 1 N–H and O–H groups in total. The predicted octanol–water partition coefficient (Wildman–Crippen LogP) is 4.81. The molecule has 1 amide bonds. The van der Waals surface area contributed by atoms with Crippen molar-refractivity contribution >= 4 is 35.8 Å². The summed E-state index contributed by atoms with van der Waals surface area (Å²) in [4.78, 5) is 13.1. The third kappa shape index (κ3) is 3.17. The molecule has 104 valence electrons. The van der Waals surface area contributed by atoms with Crippen LogP contribution in [0.3, 0.4) is 0 Å². The van der Waals surface area contributed by atoms with E-state index in [4.69, 9.17) is 11.6 Å². The number of aryl methyl sites for hydroxylation is 3. The summed E-state index contributed by atoms with van der Waals surface area (Å²) in [5.74, 6) is -0.221. The largest absolute Gasteiger partial charge is 0.321 e. The molecule has 0 aliphatic carbocycles. The van der Waals surface area contributed by atoms with Crippen molar-refractivity contribution in [2.24, 2.45) is 0 Å². The second kappa shape index (κ2) is 5.90. The van der Waals surface area contributed by atoms with Crippen LogP contribution in [0.2, 0.25) is 5.02 Å². The van der Waals surface area contributed by atoms with E-state index in [9.17, 15) is 4.79 Å². The lowest BCUT2D eigenvalue weighted by molar-refractivity contribution is 0.102. The Morgan fingerprint density at radius 1 is 1.10 bits per heavy atom. The lowest BCUT2D eigenvalue weighted by atomic mass is 10.0. The third-order valence-electron chi connectivity index (χ3n) is 3.11. The highest BCUT2D eigenvalue weighted by Crippen LogP contribution is 2.25. The highest BCUT2D eigenvalue weighted by atomic mass is 35.5. The van der Waals surface area contributed by atoms with Crippen LogP contribution in [0.5, 0.6) is 0 Å². The lowest BCUT2D eigenvalue weighted by Crippen LogP contribution is -2.14. The van der Waals surface area contributed by atoms with E-state index < -0.39 is 0 Å². The van der Waals surface area contributed by atoms with E-state index in [1.54, 1.807) is 18.2 Å². The molecule has 0 atom stereocenters. The smallest absolute Gasteiger partial charge is 0.257 e. The molecule has 2 aromatic carbocycles. The van der Waals surface area contributed by atoms with Crippen LogP contribution in [-0.4, -0.2) is 5.91 Å². The Kier molecular flexibility index (Phi) is 4.41. The molecule has 2 rings (SSSR count). The number of nitrogens with one attached hydrogen (secondary N) is 1. The summed E-state index contributed by atoms with van der Waals surface area (Å²) in [5, 5.41) is 3.35. The molecule has 0 radical (unpaired) electrons. The number of amides is 1. The minimum Gasteiger partial charge on any atom is -0.321 e. The molecule has 2 aromatic rings. The van der Waals surface area contributed by atoms with Gasteiger partial charge in [-0.2, -0.15) is 0 Å². The van der Waals surface area contributed by atoms with Gasteiger partial charge in [0.15, 0.2) is 0 Å². The summed E-state index contributed by atoms with van der Waals surface area (Å²) in [6.07, 6.45) is 0. The van der Waals surface area contributed by atoms with Gasteiger partial charge in [0.05, 0.1) is 10.6 Å². The molecule has 4 heteroatoms. The predicted molar refractivity (Wildman–Crippen MR) is 87.3 cm³/mol. The second-order valence-corrected chi connectivity index (χ2v) is 5.82. The van der Waals surface area contributed by atoms with Gasteiger partial charge in [-0.1, -0.05) is 29.3 Å². The first-order valence-corrected chi connectivity index (χ1v) is 7.08. The van der Waals surface area contributed by atoms with Gasteiger partial charge in [0.25, 0.3) is 5.91 Å². The second-order valence-electron chi connectivity index (χ2n) is 4.89. The van der Waals surface area contributed by atoms with Crippen molar-refractivity contribution in [2.45, 2.75) is 25.7 Å². The molecule has 0 aliphatic heterocycles. The van der Waals surface area contributed by atoms with Gasteiger partial charge >= 0.3 is 0 Å². The van der Waals surface area contributed by atoms with Crippen molar-refractivity contribution in [3.05, 3.63) is 57.6 Å². The van der Waals surface area contributed by atoms with Crippen LogP contribution >= 0.6 is 24.2 Å². The molecular formula is C16H16ClNOS. The number of carbonyl (C=O) groups is 1. The van der Waals surface area contributed by atoms with Crippen molar-refractivity contribution in [3.63, 3.8) is 0 Å². The van der Waals surface area contributed by atoms with Crippen molar-refractivity contribution in [1.82, 2.24) is 0 Å².